The van der Waals surface area contributed by atoms with Crippen LogP contribution in [0.1, 0.15) is 25.0 Å². The van der Waals surface area contributed by atoms with Crippen molar-refractivity contribution in [2.75, 3.05) is 26.7 Å². The first-order valence-electron chi connectivity index (χ1n) is 8.90. The summed E-state index contributed by atoms with van der Waals surface area (Å²) in [6.07, 6.45) is 3.91. The predicted molar refractivity (Wildman–Crippen MR) is 101 cm³/mol. The van der Waals surface area contributed by atoms with Crippen LogP contribution < -0.4 is 11.1 Å². The van der Waals surface area contributed by atoms with Gasteiger partial charge in [-0.1, -0.05) is 36.8 Å². The van der Waals surface area contributed by atoms with Crippen LogP contribution in [0.2, 0.25) is 0 Å². The number of benzene rings is 1. The molecule has 7 nitrogen and oxygen atoms in total. The molecule has 0 aliphatic rings. The van der Waals surface area contributed by atoms with Crippen molar-refractivity contribution in [1.82, 2.24) is 20.4 Å². The van der Waals surface area contributed by atoms with Gasteiger partial charge in [0.2, 0.25) is 11.8 Å². The van der Waals surface area contributed by atoms with E-state index in [1.165, 1.54) is 0 Å². The summed E-state index contributed by atoms with van der Waals surface area (Å²) in [6.45, 7) is 0.578. The van der Waals surface area contributed by atoms with Crippen molar-refractivity contribution in [2.24, 2.45) is 5.73 Å². The normalized spacial score (nSPS) is 10.5. The molecule has 0 fully saturated rings. The molecule has 0 radical (unpaired) electrons. The lowest BCUT2D eigenvalue weighted by Gasteiger charge is -2.17. The van der Waals surface area contributed by atoms with Gasteiger partial charge < -0.3 is 16.0 Å². The number of hydrogen-bond donors (Lipinski definition) is 3. The van der Waals surface area contributed by atoms with Crippen molar-refractivity contribution in [3.05, 3.63) is 42.1 Å². The number of carbonyl (C=O) groups is 2. The Morgan fingerprint density at radius 3 is 2.69 bits per heavy atom. The highest BCUT2D eigenvalue weighted by Gasteiger charge is 2.09. The fourth-order valence-electron chi connectivity index (χ4n) is 2.59. The Bertz CT molecular complexity index is 699. The fraction of sp³-hybridized carbons (Fsp3) is 0.421. The number of carbonyl (C=O) groups excluding carboxylic acids is 2. The summed E-state index contributed by atoms with van der Waals surface area (Å²) in [5.74, 6) is -0.422. The molecule has 0 aliphatic heterocycles. The van der Waals surface area contributed by atoms with Gasteiger partial charge in [0.1, 0.15) is 0 Å². The SMILES string of the molecule is CN(CCCCCc1cc(-c2ccccc2)n[nH]1)C(=O)CNC(=O)CN. The van der Waals surface area contributed by atoms with E-state index in [0.29, 0.717) is 6.54 Å². The predicted octanol–water partition coefficient (Wildman–Crippen LogP) is 1.32. The summed E-state index contributed by atoms with van der Waals surface area (Å²) in [5.41, 5.74) is 8.38. The number of nitrogens with two attached hydrogens (primary N) is 1. The second-order valence-corrected chi connectivity index (χ2v) is 6.25. The van der Waals surface area contributed by atoms with Crippen LogP contribution in [0.15, 0.2) is 36.4 Å². The van der Waals surface area contributed by atoms with E-state index in [4.69, 9.17) is 5.73 Å². The summed E-state index contributed by atoms with van der Waals surface area (Å²) in [5, 5.41) is 9.93. The van der Waals surface area contributed by atoms with Crippen LogP contribution >= 0.6 is 0 Å². The third-order valence-corrected chi connectivity index (χ3v) is 4.19. The highest BCUT2D eigenvalue weighted by molar-refractivity contribution is 5.85. The molecule has 1 heterocycles. The summed E-state index contributed by atoms with van der Waals surface area (Å²) in [6, 6.07) is 12.2. The summed E-state index contributed by atoms with van der Waals surface area (Å²) in [7, 11) is 1.75. The number of unbranched alkanes of at least 4 members (excludes halogenated alkanes) is 2. The van der Waals surface area contributed by atoms with Crippen LogP contribution in [0.4, 0.5) is 0 Å². The van der Waals surface area contributed by atoms with Crippen LogP contribution in [0, 0.1) is 0 Å². The minimum atomic E-state index is -0.318. The molecule has 7 heteroatoms. The number of rotatable bonds is 10. The van der Waals surface area contributed by atoms with Crippen molar-refractivity contribution in [3.63, 3.8) is 0 Å². The average molecular weight is 357 g/mol. The van der Waals surface area contributed by atoms with Crippen LogP contribution in [-0.2, 0) is 16.0 Å². The fourth-order valence-corrected chi connectivity index (χ4v) is 2.59. The van der Waals surface area contributed by atoms with Gasteiger partial charge in [0, 0.05) is 24.8 Å². The highest BCUT2D eigenvalue weighted by Crippen LogP contribution is 2.17. The van der Waals surface area contributed by atoms with E-state index >= 15 is 0 Å². The first kappa shape index (κ1) is 19.7. The molecule has 26 heavy (non-hydrogen) atoms. The molecular weight excluding hydrogens is 330 g/mol. The van der Waals surface area contributed by atoms with Gasteiger partial charge in [-0.15, -0.1) is 0 Å². The molecule has 0 spiro atoms. The van der Waals surface area contributed by atoms with E-state index in [0.717, 1.165) is 42.6 Å². The van der Waals surface area contributed by atoms with Crippen LogP contribution in [-0.4, -0.2) is 53.6 Å². The first-order chi connectivity index (χ1) is 12.6. The van der Waals surface area contributed by atoms with Gasteiger partial charge in [-0.05, 0) is 25.3 Å². The van der Waals surface area contributed by atoms with Crippen LogP contribution in [0.25, 0.3) is 11.3 Å². The third kappa shape index (κ3) is 6.33. The Labute approximate surface area is 154 Å². The molecule has 2 rings (SSSR count). The Hall–Kier alpha value is -2.67. The lowest BCUT2D eigenvalue weighted by atomic mass is 10.1. The molecule has 0 saturated carbocycles. The van der Waals surface area contributed by atoms with E-state index < -0.39 is 0 Å². The molecule has 0 aliphatic carbocycles. The second-order valence-electron chi connectivity index (χ2n) is 6.25. The Balaban J connectivity index is 1.62. The molecule has 4 N–H and O–H groups in total. The molecule has 1 aromatic carbocycles. The van der Waals surface area contributed by atoms with Crippen LogP contribution in [0.5, 0.6) is 0 Å². The number of nitrogens with one attached hydrogen (secondary N) is 2. The Morgan fingerprint density at radius 1 is 1.19 bits per heavy atom. The molecule has 140 valence electrons. The smallest absolute Gasteiger partial charge is 0.241 e. The first-order valence-corrected chi connectivity index (χ1v) is 8.90. The van der Waals surface area contributed by atoms with Crippen molar-refractivity contribution in [2.45, 2.75) is 25.7 Å². The zero-order valence-corrected chi connectivity index (χ0v) is 15.2. The number of amides is 2. The van der Waals surface area contributed by atoms with Gasteiger partial charge in [0.15, 0.2) is 0 Å². The second kappa shape index (κ2) is 10.4. The number of hydrogen-bond acceptors (Lipinski definition) is 4. The van der Waals surface area contributed by atoms with Crippen molar-refractivity contribution in [3.8, 4) is 11.3 Å². The third-order valence-electron chi connectivity index (χ3n) is 4.19. The number of aromatic amines is 1. The Kier molecular flexibility index (Phi) is 7.82. The number of aromatic nitrogens is 2. The van der Waals surface area contributed by atoms with Gasteiger partial charge in [0.05, 0.1) is 18.8 Å². The molecule has 2 amide bonds. The summed E-state index contributed by atoms with van der Waals surface area (Å²) < 4.78 is 0. The molecule has 2 aromatic rings. The minimum Gasteiger partial charge on any atom is -0.346 e. The summed E-state index contributed by atoms with van der Waals surface area (Å²) >= 11 is 0. The maximum Gasteiger partial charge on any atom is 0.241 e. The zero-order chi connectivity index (χ0) is 18.8. The van der Waals surface area contributed by atoms with Gasteiger partial charge in [-0.2, -0.15) is 5.10 Å². The lowest BCUT2D eigenvalue weighted by Crippen LogP contribution is -2.40. The molecular formula is C19H27N5O2. The van der Waals surface area contributed by atoms with Gasteiger partial charge in [0.25, 0.3) is 0 Å². The maximum absolute atomic E-state index is 11.8. The topological polar surface area (TPSA) is 104 Å². The standard InChI is InChI=1S/C19H27N5O2/c1-24(19(26)14-21-18(25)13-20)11-7-3-6-10-16-12-17(23-22-16)15-8-4-2-5-9-15/h2,4-5,8-9,12H,3,6-7,10-11,13-14,20H2,1H3,(H,21,25)(H,22,23). The molecule has 0 bridgehead atoms. The van der Waals surface area contributed by atoms with Crippen molar-refractivity contribution in [1.29, 1.82) is 0 Å². The van der Waals surface area contributed by atoms with Crippen molar-refractivity contribution < 1.29 is 9.59 Å². The van der Waals surface area contributed by atoms with Crippen LogP contribution in [0.3, 0.4) is 0 Å². The molecule has 0 unspecified atom stereocenters. The Morgan fingerprint density at radius 2 is 1.96 bits per heavy atom. The number of likely N-dealkylation sites (N-methyl/N-ethyl adjacent to an activating group) is 1. The van der Waals surface area contributed by atoms with Gasteiger partial charge >= 0.3 is 0 Å². The number of H-pyrrole nitrogens is 1. The molecule has 1 aromatic heterocycles. The number of aryl methyl sites for hydroxylation is 1. The zero-order valence-electron chi connectivity index (χ0n) is 15.2. The number of nitrogens with zero attached hydrogens (tertiary/aromatic N) is 2. The minimum absolute atomic E-state index is 0.00292. The monoisotopic (exact) mass is 357 g/mol. The highest BCUT2D eigenvalue weighted by atomic mass is 16.2. The van der Waals surface area contributed by atoms with Gasteiger partial charge in [-0.3, -0.25) is 14.7 Å². The lowest BCUT2D eigenvalue weighted by molar-refractivity contribution is -0.131. The average Bonchev–Trinajstić information content (AvgIpc) is 3.15. The quantitative estimate of drug-likeness (QED) is 0.558. The van der Waals surface area contributed by atoms with E-state index in [9.17, 15) is 9.59 Å². The largest absolute Gasteiger partial charge is 0.346 e. The molecule has 0 saturated heterocycles. The van der Waals surface area contributed by atoms with Crippen molar-refractivity contribution >= 4 is 11.8 Å². The van der Waals surface area contributed by atoms with E-state index in [2.05, 4.69) is 21.6 Å². The molecule has 0 atom stereocenters. The van der Waals surface area contributed by atoms with E-state index in [-0.39, 0.29) is 24.9 Å². The van der Waals surface area contributed by atoms with Gasteiger partial charge in [-0.25, -0.2) is 0 Å². The maximum atomic E-state index is 11.8. The van der Waals surface area contributed by atoms with E-state index in [1.807, 2.05) is 30.3 Å². The summed E-state index contributed by atoms with van der Waals surface area (Å²) in [4.78, 5) is 24.5. The van der Waals surface area contributed by atoms with E-state index in [1.54, 1.807) is 11.9 Å².